The van der Waals surface area contributed by atoms with Crippen molar-refractivity contribution >= 4 is 22.6 Å². The highest BCUT2D eigenvalue weighted by Gasteiger charge is 2.31. The van der Waals surface area contributed by atoms with Gasteiger partial charge in [-0.25, -0.2) is 4.39 Å². The fourth-order valence-electron chi connectivity index (χ4n) is 0.993. The average molecular weight is 318 g/mol. The van der Waals surface area contributed by atoms with E-state index < -0.39 is 22.3 Å². The molecule has 0 aliphatic carbocycles. The first-order valence-electron chi connectivity index (χ1n) is 3.85. The van der Waals surface area contributed by atoms with Crippen molar-refractivity contribution in [1.29, 1.82) is 0 Å². The predicted octanol–water partition coefficient (Wildman–Crippen LogP) is 4.25. The monoisotopic (exact) mass is 318 g/mol. The van der Waals surface area contributed by atoms with Gasteiger partial charge in [0.25, 0.3) is 0 Å². The Hall–Kier alpha value is -0.330. The van der Waals surface area contributed by atoms with Gasteiger partial charge in [0.05, 0.1) is 6.42 Å². The summed E-state index contributed by atoms with van der Waals surface area (Å²) < 4.78 is 47.8. The van der Waals surface area contributed by atoms with E-state index in [1.54, 1.807) is 22.6 Å². The highest BCUT2D eigenvalue weighted by molar-refractivity contribution is 14.1. The van der Waals surface area contributed by atoms with Crippen LogP contribution in [0.15, 0.2) is 24.3 Å². The van der Waals surface area contributed by atoms with Crippen molar-refractivity contribution in [3.05, 3.63) is 35.6 Å². The van der Waals surface area contributed by atoms with Crippen LogP contribution in [-0.2, 0) is 0 Å². The predicted molar refractivity (Wildman–Crippen MR) is 53.8 cm³/mol. The summed E-state index contributed by atoms with van der Waals surface area (Å²) in [6, 6.07) is 5.07. The van der Waals surface area contributed by atoms with Crippen molar-refractivity contribution in [3.63, 3.8) is 0 Å². The van der Waals surface area contributed by atoms with Crippen LogP contribution < -0.4 is 0 Å². The number of benzene rings is 1. The van der Waals surface area contributed by atoms with Crippen LogP contribution in [0.1, 0.15) is 15.9 Å². The molecule has 0 aliphatic rings. The molecule has 78 valence electrons. The van der Waals surface area contributed by atoms with Gasteiger partial charge in [0, 0.05) is 3.92 Å². The summed E-state index contributed by atoms with van der Waals surface area (Å²) in [4.78, 5) is 0. The van der Waals surface area contributed by atoms with Crippen LogP contribution in [-0.4, -0.2) is 6.18 Å². The number of rotatable bonds is 2. The average Bonchev–Trinajstić information content (AvgIpc) is 2.02. The molecule has 0 saturated heterocycles. The lowest BCUT2D eigenvalue weighted by molar-refractivity contribution is -0.133. The summed E-state index contributed by atoms with van der Waals surface area (Å²) >= 11 is 1.70. The molecule has 0 spiro atoms. The molecule has 0 aromatic heterocycles. The quantitative estimate of drug-likeness (QED) is 0.434. The van der Waals surface area contributed by atoms with Crippen LogP contribution in [0.2, 0.25) is 0 Å². The zero-order valence-electron chi connectivity index (χ0n) is 6.98. The first-order chi connectivity index (χ1) is 6.38. The molecule has 0 heterocycles. The van der Waals surface area contributed by atoms with Crippen molar-refractivity contribution in [2.75, 3.05) is 0 Å². The molecule has 1 aromatic rings. The maximum absolute atomic E-state index is 12.5. The highest BCUT2D eigenvalue weighted by Crippen LogP contribution is 2.35. The molecule has 1 rings (SSSR count). The van der Waals surface area contributed by atoms with Crippen molar-refractivity contribution in [3.8, 4) is 0 Å². The van der Waals surface area contributed by atoms with Crippen molar-refractivity contribution in [1.82, 2.24) is 0 Å². The van der Waals surface area contributed by atoms with Crippen molar-refractivity contribution in [2.45, 2.75) is 16.5 Å². The van der Waals surface area contributed by atoms with Gasteiger partial charge in [-0.1, -0.05) is 34.7 Å². The molecule has 0 fully saturated rings. The molecule has 0 radical (unpaired) electrons. The molecule has 0 bridgehead atoms. The Morgan fingerprint density at radius 3 is 2.07 bits per heavy atom. The summed E-state index contributed by atoms with van der Waals surface area (Å²) in [7, 11) is 0. The summed E-state index contributed by atoms with van der Waals surface area (Å²) in [5, 5.41) is 0. The Labute approximate surface area is 92.5 Å². The molecule has 1 atom stereocenters. The van der Waals surface area contributed by atoms with Gasteiger partial charge in [0.15, 0.2) is 0 Å². The van der Waals surface area contributed by atoms with Crippen molar-refractivity contribution in [2.24, 2.45) is 0 Å². The van der Waals surface area contributed by atoms with Gasteiger partial charge in [-0.3, -0.25) is 0 Å². The van der Waals surface area contributed by atoms with E-state index in [4.69, 9.17) is 0 Å². The van der Waals surface area contributed by atoms with Gasteiger partial charge in [0.2, 0.25) is 0 Å². The Kier molecular flexibility index (Phi) is 3.74. The fourth-order valence-corrected chi connectivity index (χ4v) is 1.91. The third-order valence-corrected chi connectivity index (χ3v) is 2.80. The topological polar surface area (TPSA) is 0 Å². The van der Waals surface area contributed by atoms with Gasteiger partial charge in [-0.2, -0.15) is 13.2 Å². The number of halogens is 5. The minimum absolute atomic E-state index is 0.440. The molecule has 14 heavy (non-hydrogen) atoms. The van der Waals surface area contributed by atoms with E-state index in [2.05, 4.69) is 0 Å². The molecule has 1 unspecified atom stereocenters. The van der Waals surface area contributed by atoms with Crippen LogP contribution >= 0.6 is 22.6 Å². The van der Waals surface area contributed by atoms with E-state index in [1.165, 1.54) is 12.1 Å². The first-order valence-corrected chi connectivity index (χ1v) is 5.09. The van der Waals surface area contributed by atoms with E-state index in [0.717, 1.165) is 12.1 Å². The maximum atomic E-state index is 12.5. The lowest BCUT2D eigenvalue weighted by Crippen LogP contribution is -2.10. The summed E-state index contributed by atoms with van der Waals surface area (Å²) in [5.41, 5.74) is 0.490. The van der Waals surface area contributed by atoms with E-state index in [9.17, 15) is 17.6 Å². The number of hydrogen-bond acceptors (Lipinski definition) is 0. The molecular formula is C9H7F4I. The summed E-state index contributed by atoms with van der Waals surface area (Å²) in [6.45, 7) is 0. The summed E-state index contributed by atoms with van der Waals surface area (Å²) in [5.74, 6) is -0.440. The second-order valence-corrected chi connectivity index (χ2v) is 4.34. The van der Waals surface area contributed by atoms with Crippen LogP contribution in [0.5, 0.6) is 0 Å². The molecule has 0 aliphatic heterocycles. The highest BCUT2D eigenvalue weighted by atomic mass is 127. The molecule has 5 heteroatoms. The summed E-state index contributed by atoms with van der Waals surface area (Å²) in [6.07, 6.45) is -5.07. The second-order valence-electron chi connectivity index (χ2n) is 2.84. The van der Waals surface area contributed by atoms with Gasteiger partial charge in [-0.05, 0) is 17.7 Å². The molecule has 1 aromatic carbocycles. The Balaban J connectivity index is 2.70. The van der Waals surface area contributed by atoms with E-state index in [0.29, 0.717) is 5.56 Å². The zero-order chi connectivity index (χ0) is 10.8. The third kappa shape index (κ3) is 3.81. The molecular weight excluding hydrogens is 311 g/mol. The number of hydrogen-bond donors (Lipinski definition) is 0. The minimum Gasteiger partial charge on any atom is -0.207 e. The molecule has 0 nitrogen and oxygen atoms in total. The van der Waals surface area contributed by atoms with E-state index >= 15 is 0 Å². The number of alkyl halides is 4. The Morgan fingerprint density at radius 2 is 1.64 bits per heavy atom. The SMILES string of the molecule is Fc1ccc(C(I)CC(F)(F)F)cc1. The maximum Gasteiger partial charge on any atom is 0.390 e. The van der Waals surface area contributed by atoms with Gasteiger partial charge >= 0.3 is 6.18 Å². The Morgan fingerprint density at radius 1 is 1.14 bits per heavy atom. The second kappa shape index (κ2) is 4.46. The van der Waals surface area contributed by atoms with E-state index in [-0.39, 0.29) is 0 Å². The van der Waals surface area contributed by atoms with Crippen LogP contribution in [0.25, 0.3) is 0 Å². The van der Waals surface area contributed by atoms with Gasteiger partial charge < -0.3 is 0 Å². The Bertz CT molecular complexity index is 291. The normalized spacial score (nSPS) is 14.1. The molecule has 0 saturated carbocycles. The van der Waals surface area contributed by atoms with Crippen LogP contribution in [0.3, 0.4) is 0 Å². The van der Waals surface area contributed by atoms with E-state index in [1.807, 2.05) is 0 Å². The first kappa shape index (κ1) is 11.7. The van der Waals surface area contributed by atoms with Crippen LogP contribution in [0, 0.1) is 5.82 Å². The van der Waals surface area contributed by atoms with Gasteiger partial charge in [-0.15, -0.1) is 0 Å². The zero-order valence-corrected chi connectivity index (χ0v) is 9.14. The minimum atomic E-state index is -4.18. The molecule has 0 amide bonds. The lowest BCUT2D eigenvalue weighted by Gasteiger charge is -2.12. The fraction of sp³-hybridized carbons (Fsp3) is 0.333. The van der Waals surface area contributed by atoms with Gasteiger partial charge in [0.1, 0.15) is 5.82 Å². The van der Waals surface area contributed by atoms with Crippen LogP contribution in [0.4, 0.5) is 17.6 Å². The lowest BCUT2D eigenvalue weighted by atomic mass is 10.1. The third-order valence-electron chi connectivity index (χ3n) is 1.64. The standard InChI is InChI=1S/C9H7F4I/c10-7-3-1-6(2-4-7)8(14)5-9(11,12)13/h1-4,8H,5H2. The van der Waals surface area contributed by atoms with Crippen molar-refractivity contribution < 1.29 is 17.6 Å². The largest absolute Gasteiger partial charge is 0.390 e. The molecule has 0 N–H and O–H groups in total. The smallest absolute Gasteiger partial charge is 0.207 e.